The van der Waals surface area contributed by atoms with Crippen LogP contribution >= 0.6 is 39.1 Å². The van der Waals surface area contributed by atoms with Gasteiger partial charge in [-0.05, 0) is 63.2 Å². The molecule has 0 aliphatic carbocycles. The van der Waals surface area contributed by atoms with Crippen molar-refractivity contribution in [3.8, 4) is 5.75 Å². The molecule has 0 heterocycles. The first-order chi connectivity index (χ1) is 15.0. The summed E-state index contributed by atoms with van der Waals surface area (Å²) in [7, 11) is 1.55. The van der Waals surface area contributed by atoms with Gasteiger partial charge in [-0.3, -0.25) is 9.59 Å². The fourth-order valence-electron chi connectivity index (χ4n) is 3.23. The number of nitrogens with zero attached hydrogens (tertiary/aromatic N) is 1. The third-order valence-corrected chi connectivity index (χ3v) is 6.48. The van der Waals surface area contributed by atoms with E-state index in [1.807, 2.05) is 25.1 Å². The number of benzene rings is 2. The van der Waals surface area contributed by atoms with Crippen LogP contribution < -0.4 is 10.1 Å². The molecule has 0 unspecified atom stereocenters. The molecule has 0 saturated carbocycles. The molecular weight excluding hydrogens is 515 g/mol. The smallest absolute Gasteiger partial charge is 0.261 e. The highest BCUT2D eigenvalue weighted by molar-refractivity contribution is 9.10. The van der Waals surface area contributed by atoms with Gasteiger partial charge in [0.2, 0.25) is 5.91 Å². The largest absolute Gasteiger partial charge is 0.483 e. The lowest BCUT2D eigenvalue weighted by molar-refractivity contribution is -0.142. The van der Waals surface area contributed by atoms with E-state index in [2.05, 4.69) is 42.0 Å². The Kier molecular flexibility index (Phi) is 9.43. The highest BCUT2D eigenvalue weighted by Crippen LogP contribution is 2.31. The van der Waals surface area contributed by atoms with Crippen LogP contribution in [0.3, 0.4) is 0 Å². The van der Waals surface area contributed by atoms with Crippen molar-refractivity contribution >= 4 is 50.9 Å². The van der Waals surface area contributed by atoms with Crippen molar-refractivity contribution in [2.75, 3.05) is 13.7 Å². The number of halogens is 3. The Morgan fingerprint density at radius 2 is 1.81 bits per heavy atom. The summed E-state index contributed by atoms with van der Waals surface area (Å²) in [5.41, 5.74) is 1.91. The summed E-state index contributed by atoms with van der Waals surface area (Å²) < 4.78 is 6.59. The molecule has 1 N–H and O–H groups in total. The summed E-state index contributed by atoms with van der Waals surface area (Å²) in [6.45, 7) is 8.24. The second kappa shape index (κ2) is 11.4. The zero-order valence-corrected chi connectivity index (χ0v) is 22.1. The van der Waals surface area contributed by atoms with Crippen LogP contribution in [-0.4, -0.2) is 36.4 Å². The SMILES string of the molecule is CC[C@H](C(=O)NC)N(Cc1ccc(Cl)c(Cl)c1)C(=O)COc1ccc(C(C)(C)C)cc1Br. The predicted molar refractivity (Wildman–Crippen MR) is 133 cm³/mol. The maximum absolute atomic E-state index is 13.2. The number of likely N-dealkylation sites (N-methyl/N-ethyl adjacent to an activating group) is 1. The number of ether oxygens (including phenoxy) is 1. The molecule has 0 aromatic heterocycles. The molecule has 0 spiro atoms. The number of amides is 2. The third-order valence-electron chi connectivity index (χ3n) is 5.12. The normalized spacial score (nSPS) is 12.2. The van der Waals surface area contributed by atoms with E-state index in [0.29, 0.717) is 22.2 Å². The molecule has 0 aliphatic rings. The van der Waals surface area contributed by atoms with Gasteiger partial charge in [0.25, 0.3) is 5.91 Å². The van der Waals surface area contributed by atoms with Crippen molar-refractivity contribution in [2.45, 2.75) is 52.1 Å². The molecule has 32 heavy (non-hydrogen) atoms. The van der Waals surface area contributed by atoms with E-state index < -0.39 is 6.04 Å². The summed E-state index contributed by atoms with van der Waals surface area (Å²) in [5.74, 6) is 0.0174. The maximum atomic E-state index is 13.2. The van der Waals surface area contributed by atoms with Crippen LogP contribution in [0.25, 0.3) is 0 Å². The van der Waals surface area contributed by atoms with Crippen LogP contribution in [0, 0.1) is 0 Å². The highest BCUT2D eigenvalue weighted by atomic mass is 79.9. The Morgan fingerprint density at radius 1 is 1.12 bits per heavy atom. The van der Waals surface area contributed by atoms with Gasteiger partial charge in [-0.15, -0.1) is 0 Å². The molecule has 0 aliphatic heterocycles. The average molecular weight is 544 g/mol. The number of carbonyl (C=O) groups is 2. The molecule has 1 atom stereocenters. The molecule has 2 aromatic carbocycles. The van der Waals surface area contributed by atoms with Gasteiger partial charge in [0, 0.05) is 13.6 Å². The lowest BCUT2D eigenvalue weighted by Crippen LogP contribution is -2.49. The summed E-state index contributed by atoms with van der Waals surface area (Å²) >= 11 is 15.7. The van der Waals surface area contributed by atoms with Crippen molar-refractivity contribution in [3.05, 3.63) is 62.0 Å². The fourth-order valence-corrected chi connectivity index (χ4v) is 4.04. The van der Waals surface area contributed by atoms with Gasteiger partial charge < -0.3 is 15.0 Å². The molecule has 8 heteroatoms. The first-order valence-electron chi connectivity index (χ1n) is 10.4. The van der Waals surface area contributed by atoms with Crippen molar-refractivity contribution in [3.63, 3.8) is 0 Å². The quantitative estimate of drug-likeness (QED) is 0.445. The number of rotatable bonds is 8. The number of hydrogen-bond donors (Lipinski definition) is 1. The molecule has 0 bridgehead atoms. The number of nitrogens with one attached hydrogen (secondary N) is 1. The van der Waals surface area contributed by atoms with Crippen LogP contribution in [0.4, 0.5) is 0 Å². The fraction of sp³-hybridized carbons (Fsp3) is 0.417. The zero-order chi connectivity index (χ0) is 24.1. The molecule has 0 saturated heterocycles. The molecule has 2 rings (SSSR count). The molecule has 5 nitrogen and oxygen atoms in total. The Hall–Kier alpha value is -1.76. The molecule has 0 fully saturated rings. The van der Waals surface area contributed by atoms with Gasteiger partial charge in [-0.1, -0.05) is 63.0 Å². The summed E-state index contributed by atoms with van der Waals surface area (Å²) in [6, 6.07) is 10.3. The van der Waals surface area contributed by atoms with Crippen LogP contribution in [0.1, 0.15) is 45.2 Å². The van der Waals surface area contributed by atoms with E-state index in [0.717, 1.165) is 15.6 Å². The topological polar surface area (TPSA) is 58.6 Å². The second-order valence-corrected chi connectivity index (χ2v) is 10.2. The first kappa shape index (κ1) is 26.5. The predicted octanol–water partition coefficient (Wildman–Crippen LogP) is 5.99. The van der Waals surface area contributed by atoms with E-state index in [1.54, 1.807) is 25.2 Å². The average Bonchev–Trinajstić information content (AvgIpc) is 2.74. The minimum Gasteiger partial charge on any atom is -0.483 e. The van der Waals surface area contributed by atoms with E-state index >= 15 is 0 Å². The first-order valence-corrected chi connectivity index (χ1v) is 11.9. The minimum absolute atomic E-state index is 0.00458. The zero-order valence-electron chi connectivity index (χ0n) is 19.0. The van der Waals surface area contributed by atoms with Crippen molar-refractivity contribution in [2.24, 2.45) is 0 Å². The monoisotopic (exact) mass is 542 g/mol. The van der Waals surface area contributed by atoms with Gasteiger partial charge in [0.1, 0.15) is 11.8 Å². The lowest BCUT2D eigenvalue weighted by atomic mass is 9.87. The molecule has 174 valence electrons. The molecular formula is C24H29BrCl2N2O3. The van der Waals surface area contributed by atoms with E-state index in [-0.39, 0.29) is 30.4 Å². The van der Waals surface area contributed by atoms with Crippen LogP contribution in [0.15, 0.2) is 40.9 Å². The number of hydrogen-bond acceptors (Lipinski definition) is 3. The standard InChI is InChI=1S/C24H29BrCl2N2O3/c1-6-20(23(31)28-5)29(13-15-7-9-18(26)19(27)11-15)22(30)14-32-21-10-8-16(12-17(21)25)24(2,3)4/h7-12,20H,6,13-14H2,1-5H3,(H,28,31)/t20-/m1/s1. The van der Waals surface area contributed by atoms with Crippen LogP contribution in [0.2, 0.25) is 10.0 Å². The Morgan fingerprint density at radius 3 is 2.34 bits per heavy atom. The van der Waals surface area contributed by atoms with Gasteiger partial charge in [0.05, 0.1) is 14.5 Å². The Balaban J connectivity index is 2.24. The van der Waals surface area contributed by atoms with Crippen molar-refractivity contribution < 1.29 is 14.3 Å². The van der Waals surface area contributed by atoms with Gasteiger partial charge >= 0.3 is 0 Å². The summed E-state index contributed by atoms with van der Waals surface area (Å²) in [6.07, 6.45) is 0.455. The van der Waals surface area contributed by atoms with Crippen molar-refractivity contribution in [1.29, 1.82) is 0 Å². The Bertz CT molecular complexity index is 976. The third kappa shape index (κ3) is 6.87. The van der Waals surface area contributed by atoms with Gasteiger partial charge in [0.15, 0.2) is 6.61 Å². The highest BCUT2D eigenvalue weighted by Gasteiger charge is 2.28. The lowest BCUT2D eigenvalue weighted by Gasteiger charge is -2.30. The molecule has 2 aromatic rings. The van der Waals surface area contributed by atoms with E-state index in [4.69, 9.17) is 27.9 Å². The van der Waals surface area contributed by atoms with Gasteiger partial charge in [-0.25, -0.2) is 0 Å². The second-order valence-electron chi connectivity index (χ2n) is 8.49. The molecule has 2 amide bonds. The Labute approximate surface area is 208 Å². The maximum Gasteiger partial charge on any atom is 0.261 e. The van der Waals surface area contributed by atoms with E-state index in [1.165, 1.54) is 4.90 Å². The summed E-state index contributed by atoms with van der Waals surface area (Å²) in [5, 5.41) is 3.45. The summed E-state index contributed by atoms with van der Waals surface area (Å²) in [4.78, 5) is 27.1. The van der Waals surface area contributed by atoms with E-state index in [9.17, 15) is 9.59 Å². The molecule has 0 radical (unpaired) electrons. The van der Waals surface area contributed by atoms with Crippen LogP contribution in [-0.2, 0) is 21.5 Å². The number of carbonyl (C=O) groups excluding carboxylic acids is 2. The van der Waals surface area contributed by atoms with Gasteiger partial charge in [-0.2, -0.15) is 0 Å². The minimum atomic E-state index is -0.641. The van der Waals surface area contributed by atoms with Crippen LogP contribution in [0.5, 0.6) is 5.75 Å². The van der Waals surface area contributed by atoms with Crippen molar-refractivity contribution in [1.82, 2.24) is 10.2 Å².